The van der Waals surface area contributed by atoms with Gasteiger partial charge in [-0.2, -0.15) is 0 Å². The van der Waals surface area contributed by atoms with Crippen molar-refractivity contribution in [2.24, 2.45) is 5.92 Å². The van der Waals surface area contributed by atoms with Crippen LogP contribution in [0, 0.1) is 5.92 Å². The van der Waals surface area contributed by atoms with Gasteiger partial charge in [0.1, 0.15) is 0 Å². The molecule has 3 nitrogen and oxygen atoms in total. The molecule has 0 radical (unpaired) electrons. The summed E-state index contributed by atoms with van der Waals surface area (Å²) in [5.74, 6) is 0.656. The maximum Gasteiger partial charge on any atom is 0.0936 e. The van der Waals surface area contributed by atoms with Crippen molar-refractivity contribution < 1.29 is 9.47 Å². The molecule has 14 heavy (non-hydrogen) atoms. The molecule has 1 rings (SSSR count). The molecule has 84 valence electrons. The lowest BCUT2D eigenvalue weighted by Gasteiger charge is -2.28. The largest absolute Gasteiger partial charge is 0.378 e. The molecule has 0 aromatic heterocycles. The third kappa shape index (κ3) is 4.40. The summed E-state index contributed by atoms with van der Waals surface area (Å²) in [6.45, 7) is 9.95. The van der Waals surface area contributed by atoms with E-state index >= 15 is 0 Å². The summed E-state index contributed by atoms with van der Waals surface area (Å²) in [6, 6.07) is 0. The van der Waals surface area contributed by atoms with Gasteiger partial charge in [0, 0.05) is 19.7 Å². The van der Waals surface area contributed by atoms with Crippen LogP contribution in [0.25, 0.3) is 0 Å². The number of morpholine rings is 1. The molecular formula is C11H23NO2. The van der Waals surface area contributed by atoms with Crippen LogP contribution in [0.1, 0.15) is 27.2 Å². The zero-order valence-electron chi connectivity index (χ0n) is 9.58. The Morgan fingerprint density at radius 3 is 2.93 bits per heavy atom. The first-order chi connectivity index (χ1) is 6.72. The Kier molecular flexibility index (Phi) is 5.45. The summed E-state index contributed by atoms with van der Waals surface area (Å²) >= 11 is 0. The molecule has 1 fully saturated rings. The Hall–Kier alpha value is -0.120. The van der Waals surface area contributed by atoms with Crippen molar-refractivity contribution in [1.29, 1.82) is 0 Å². The van der Waals surface area contributed by atoms with Crippen molar-refractivity contribution in [2.45, 2.75) is 39.4 Å². The molecule has 3 heteroatoms. The molecule has 0 aromatic carbocycles. The second-order valence-corrected chi connectivity index (χ2v) is 4.28. The van der Waals surface area contributed by atoms with Crippen molar-refractivity contribution in [2.75, 3.05) is 26.3 Å². The average molecular weight is 201 g/mol. The van der Waals surface area contributed by atoms with Gasteiger partial charge in [0.25, 0.3) is 0 Å². The van der Waals surface area contributed by atoms with E-state index in [1.165, 1.54) is 6.42 Å². The number of rotatable bonds is 5. The van der Waals surface area contributed by atoms with Gasteiger partial charge in [0.05, 0.1) is 18.8 Å². The predicted molar refractivity (Wildman–Crippen MR) is 57.5 cm³/mol. The van der Waals surface area contributed by atoms with Gasteiger partial charge in [-0.15, -0.1) is 0 Å². The SMILES string of the molecule is CCC(C)COCC1CNCC(C)O1. The minimum Gasteiger partial charge on any atom is -0.378 e. The van der Waals surface area contributed by atoms with E-state index in [0.29, 0.717) is 12.0 Å². The fraction of sp³-hybridized carbons (Fsp3) is 1.00. The van der Waals surface area contributed by atoms with E-state index in [2.05, 4.69) is 26.1 Å². The van der Waals surface area contributed by atoms with Crippen LogP contribution in [0.4, 0.5) is 0 Å². The fourth-order valence-corrected chi connectivity index (χ4v) is 1.49. The van der Waals surface area contributed by atoms with Crippen LogP contribution in [0.3, 0.4) is 0 Å². The van der Waals surface area contributed by atoms with Crippen molar-refractivity contribution in [1.82, 2.24) is 5.32 Å². The molecular weight excluding hydrogens is 178 g/mol. The molecule has 0 aromatic rings. The highest BCUT2D eigenvalue weighted by Crippen LogP contribution is 2.05. The molecule has 1 N–H and O–H groups in total. The Morgan fingerprint density at radius 1 is 1.50 bits per heavy atom. The normalized spacial score (nSPS) is 30.2. The zero-order valence-corrected chi connectivity index (χ0v) is 9.58. The molecule has 1 saturated heterocycles. The van der Waals surface area contributed by atoms with Gasteiger partial charge < -0.3 is 14.8 Å². The van der Waals surface area contributed by atoms with Crippen molar-refractivity contribution in [3.05, 3.63) is 0 Å². The van der Waals surface area contributed by atoms with Crippen molar-refractivity contribution in [3.63, 3.8) is 0 Å². The van der Waals surface area contributed by atoms with Gasteiger partial charge in [-0.3, -0.25) is 0 Å². The van der Waals surface area contributed by atoms with E-state index in [-0.39, 0.29) is 6.10 Å². The summed E-state index contributed by atoms with van der Waals surface area (Å²) in [6.07, 6.45) is 1.74. The highest BCUT2D eigenvalue weighted by molar-refractivity contribution is 4.71. The minimum absolute atomic E-state index is 0.239. The second-order valence-electron chi connectivity index (χ2n) is 4.28. The standard InChI is InChI=1S/C11H23NO2/c1-4-9(2)7-13-8-11-6-12-5-10(3)14-11/h9-12H,4-8H2,1-3H3. The molecule has 1 aliphatic heterocycles. The lowest BCUT2D eigenvalue weighted by atomic mass is 10.1. The van der Waals surface area contributed by atoms with E-state index in [9.17, 15) is 0 Å². The lowest BCUT2D eigenvalue weighted by molar-refractivity contribution is -0.0722. The predicted octanol–water partition coefficient (Wildman–Crippen LogP) is 1.43. The molecule has 0 amide bonds. The Morgan fingerprint density at radius 2 is 2.29 bits per heavy atom. The molecule has 0 spiro atoms. The average Bonchev–Trinajstić information content (AvgIpc) is 2.17. The number of nitrogens with one attached hydrogen (secondary N) is 1. The summed E-state index contributed by atoms with van der Waals surface area (Å²) in [5.41, 5.74) is 0. The van der Waals surface area contributed by atoms with E-state index < -0.39 is 0 Å². The van der Waals surface area contributed by atoms with Gasteiger partial charge in [-0.05, 0) is 12.8 Å². The number of ether oxygens (including phenoxy) is 2. The zero-order chi connectivity index (χ0) is 10.4. The van der Waals surface area contributed by atoms with Gasteiger partial charge >= 0.3 is 0 Å². The quantitative estimate of drug-likeness (QED) is 0.730. The first kappa shape index (κ1) is 12.0. The van der Waals surface area contributed by atoms with Crippen LogP contribution in [-0.4, -0.2) is 38.5 Å². The monoisotopic (exact) mass is 201 g/mol. The van der Waals surface area contributed by atoms with E-state index in [4.69, 9.17) is 9.47 Å². The summed E-state index contributed by atoms with van der Waals surface area (Å²) in [7, 11) is 0. The smallest absolute Gasteiger partial charge is 0.0936 e. The lowest BCUT2D eigenvalue weighted by Crippen LogP contribution is -2.45. The summed E-state index contributed by atoms with van der Waals surface area (Å²) in [4.78, 5) is 0. The van der Waals surface area contributed by atoms with Crippen LogP contribution in [-0.2, 0) is 9.47 Å². The minimum atomic E-state index is 0.239. The molecule has 3 unspecified atom stereocenters. The van der Waals surface area contributed by atoms with E-state index in [0.717, 1.165) is 26.3 Å². The van der Waals surface area contributed by atoms with Gasteiger partial charge in [0.15, 0.2) is 0 Å². The molecule has 1 heterocycles. The maximum atomic E-state index is 5.71. The highest BCUT2D eigenvalue weighted by atomic mass is 16.5. The van der Waals surface area contributed by atoms with Crippen LogP contribution in [0.2, 0.25) is 0 Å². The molecule has 1 aliphatic rings. The summed E-state index contributed by atoms with van der Waals surface area (Å²) < 4.78 is 11.3. The Bertz CT molecular complexity index is 152. The van der Waals surface area contributed by atoms with Crippen LogP contribution in [0.5, 0.6) is 0 Å². The molecule has 3 atom stereocenters. The Labute approximate surface area is 87.2 Å². The number of hydrogen-bond donors (Lipinski definition) is 1. The van der Waals surface area contributed by atoms with Crippen molar-refractivity contribution >= 4 is 0 Å². The first-order valence-electron chi connectivity index (χ1n) is 5.66. The van der Waals surface area contributed by atoms with Crippen molar-refractivity contribution in [3.8, 4) is 0 Å². The molecule has 0 saturated carbocycles. The van der Waals surface area contributed by atoms with E-state index in [1.54, 1.807) is 0 Å². The van der Waals surface area contributed by atoms with E-state index in [1.807, 2.05) is 0 Å². The topological polar surface area (TPSA) is 30.5 Å². The van der Waals surface area contributed by atoms with Gasteiger partial charge in [0.2, 0.25) is 0 Å². The second kappa shape index (κ2) is 6.38. The maximum absolute atomic E-state index is 5.71. The highest BCUT2D eigenvalue weighted by Gasteiger charge is 2.18. The van der Waals surface area contributed by atoms with Gasteiger partial charge in [-0.1, -0.05) is 20.3 Å². The van der Waals surface area contributed by atoms with Crippen LogP contribution >= 0.6 is 0 Å². The van der Waals surface area contributed by atoms with Crippen LogP contribution in [0.15, 0.2) is 0 Å². The molecule has 0 aliphatic carbocycles. The van der Waals surface area contributed by atoms with Gasteiger partial charge in [-0.25, -0.2) is 0 Å². The Balaban J connectivity index is 2.05. The summed E-state index contributed by atoms with van der Waals surface area (Å²) in [5, 5.41) is 3.33. The third-order valence-corrected chi connectivity index (χ3v) is 2.63. The first-order valence-corrected chi connectivity index (χ1v) is 5.66. The van der Waals surface area contributed by atoms with Crippen LogP contribution < -0.4 is 5.32 Å². The molecule has 0 bridgehead atoms. The fourth-order valence-electron chi connectivity index (χ4n) is 1.49. The number of hydrogen-bond acceptors (Lipinski definition) is 3. The third-order valence-electron chi connectivity index (χ3n) is 2.63.